The fourth-order valence-electron chi connectivity index (χ4n) is 2.95. The van der Waals surface area contributed by atoms with Gasteiger partial charge in [-0.3, -0.25) is 20.2 Å². The van der Waals surface area contributed by atoms with Crippen LogP contribution in [0.25, 0.3) is 12.2 Å². The highest BCUT2D eigenvalue weighted by molar-refractivity contribution is 8.12. The van der Waals surface area contributed by atoms with Crippen LogP contribution in [0.4, 0.5) is 17.1 Å². The molecule has 0 bridgehead atoms. The minimum absolute atomic E-state index is 0.0632. The minimum atomic E-state index is -4.73. The number of rotatable bonds is 9. The van der Waals surface area contributed by atoms with E-state index in [1.54, 1.807) is 0 Å². The van der Waals surface area contributed by atoms with Crippen molar-refractivity contribution >= 4 is 60.9 Å². The van der Waals surface area contributed by atoms with E-state index in [1.165, 1.54) is 54.6 Å². The van der Waals surface area contributed by atoms with E-state index in [4.69, 9.17) is 11.6 Å². The topological polar surface area (TPSA) is 158 Å². The van der Waals surface area contributed by atoms with Gasteiger partial charge in [-0.15, -0.1) is 0 Å². The van der Waals surface area contributed by atoms with Crippen molar-refractivity contribution in [1.82, 2.24) is 0 Å². The molecule has 11 nitrogen and oxygen atoms in total. The SMILES string of the molecule is O=[N+]([O-])c1cccc(/C=C/S(=O)(=O)N(c2cccc(Cl)c2)S(=O)(=O)/C=C/c2cccc([N+](=O)[O-])c2)c1. The highest BCUT2D eigenvalue weighted by Crippen LogP contribution is 2.28. The second-order valence-electron chi connectivity index (χ2n) is 7.08. The maximum absolute atomic E-state index is 13.2. The molecule has 3 aromatic rings. The molecular formula is C22H16ClN3O8S2. The molecule has 3 aromatic carbocycles. The van der Waals surface area contributed by atoms with Gasteiger partial charge in [-0.2, -0.15) is 3.71 Å². The molecule has 0 saturated heterocycles. The van der Waals surface area contributed by atoms with Gasteiger partial charge < -0.3 is 0 Å². The van der Waals surface area contributed by atoms with Gasteiger partial charge in [-0.25, -0.2) is 16.8 Å². The van der Waals surface area contributed by atoms with Crippen molar-refractivity contribution in [3.05, 3.63) is 120 Å². The van der Waals surface area contributed by atoms with Crippen molar-refractivity contribution in [2.75, 3.05) is 3.71 Å². The summed E-state index contributed by atoms with van der Waals surface area (Å²) in [6.45, 7) is 0. The van der Waals surface area contributed by atoms with Crippen LogP contribution in [-0.4, -0.2) is 26.7 Å². The second kappa shape index (κ2) is 10.7. The second-order valence-corrected chi connectivity index (χ2v) is 11.1. The molecule has 0 aliphatic rings. The number of nitro benzene ring substituents is 2. The van der Waals surface area contributed by atoms with Crippen molar-refractivity contribution in [3.8, 4) is 0 Å². The summed E-state index contributed by atoms with van der Waals surface area (Å²) in [6, 6.07) is 15.3. The first-order chi connectivity index (χ1) is 16.9. The highest BCUT2D eigenvalue weighted by Gasteiger charge is 2.31. The average molecular weight is 550 g/mol. The number of hydrogen-bond acceptors (Lipinski definition) is 8. The van der Waals surface area contributed by atoms with E-state index in [0.717, 1.165) is 30.4 Å². The molecule has 0 aliphatic carbocycles. The van der Waals surface area contributed by atoms with Gasteiger partial charge in [0, 0.05) is 29.3 Å². The lowest BCUT2D eigenvalue weighted by atomic mass is 10.2. The summed E-state index contributed by atoms with van der Waals surface area (Å²) in [5, 5.41) is 23.2. The zero-order valence-electron chi connectivity index (χ0n) is 18.0. The number of benzene rings is 3. The Morgan fingerprint density at radius 1 is 0.694 bits per heavy atom. The Morgan fingerprint density at radius 2 is 1.14 bits per heavy atom. The average Bonchev–Trinajstić information content (AvgIpc) is 2.82. The van der Waals surface area contributed by atoms with Gasteiger partial charge in [-0.05, 0) is 41.5 Å². The van der Waals surface area contributed by atoms with Gasteiger partial charge in [0.2, 0.25) is 0 Å². The molecule has 0 spiro atoms. The summed E-state index contributed by atoms with van der Waals surface area (Å²) in [5.41, 5.74) is -0.580. The summed E-state index contributed by atoms with van der Waals surface area (Å²) in [7, 11) is -9.46. The molecule has 186 valence electrons. The number of nitro groups is 2. The fourth-order valence-corrected chi connectivity index (χ4v) is 6.29. The molecule has 0 aromatic heterocycles. The van der Waals surface area contributed by atoms with Crippen LogP contribution < -0.4 is 3.71 Å². The molecular weight excluding hydrogens is 534 g/mol. The van der Waals surface area contributed by atoms with Gasteiger partial charge in [0.15, 0.2) is 0 Å². The lowest BCUT2D eigenvalue weighted by Gasteiger charge is -2.20. The number of anilines is 1. The van der Waals surface area contributed by atoms with Crippen molar-refractivity contribution in [2.24, 2.45) is 0 Å². The van der Waals surface area contributed by atoms with Crippen LogP contribution >= 0.6 is 11.6 Å². The quantitative estimate of drug-likeness (QED) is 0.267. The summed E-state index contributed by atoms with van der Waals surface area (Å²) in [5.74, 6) is 0. The van der Waals surface area contributed by atoms with E-state index in [0.29, 0.717) is 10.8 Å². The predicted octanol–water partition coefficient (Wildman–Crippen LogP) is 4.96. The van der Waals surface area contributed by atoms with Crippen LogP contribution in [0, 0.1) is 20.2 Å². The van der Waals surface area contributed by atoms with Crippen LogP contribution in [0.15, 0.2) is 83.6 Å². The van der Waals surface area contributed by atoms with Crippen LogP contribution in [0.2, 0.25) is 5.02 Å². The maximum atomic E-state index is 13.2. The number of non-ortho nitro benzene ring substituents is 2. The van der Waals surface area contributed by atoms with E-state index < -0.39 is 29.9 Å². The van der Waals surface area contributed by atoms with Crippen molar-refractivity contribution in [2.45, 2.75) is 0 Å². The van der Waals surface area contributed by atoms with Crippen LogP contribution in [0.1, 0.15) is 11.1 Å². The van der Waals surface area contributed by atoms with E-state index >= 15 is 0 Å². The maximum Gasteiger partial charge on any atom is 0.270 e. The number of nitrogens with zero attached hydrogens (tertiary/aromatic N) is 3. The predicted molar refractivity (Wildman–Crippen MR) is 136 cm³/mol. The van der Waals surface area contributed by atoms with Gasteiger partial charge in [0.1, 0.15) is 0 Å². The molecule has 0 N–H and O–H groups in total. The summed E-state index contributed by atoms with van der Waals surface area (Å²) in [4.78, 5) is 20.6. The molecule has 0 atom stereocenters. The lowest BCUT2D eigenvalue weighted by Crippen LogP contribution is -2.34. The molecule has 0 amide bonds. The zero-order chi connectivity index (χ0) is 26.5. The summed E-state index contributed by atoms with van der Waals surface area (Å²) in [6.07, 6.45) is 2.03. The molecule has 0 radical (unpaired) electrons. The van der Waals surface area contributed by atoms with Gasteiger partial charge in [0.25, 0.3) is 31.4 Å². The molecule has 0 heterocycles. The molecule has 0 fully saturated rings. The Morgan fingerprint density at radius 3 is 1.56 bits per heavy atom. The first kappa shape index (κ1) is 26.5. The largest absolute Gasteiger partial charge is 0.270 e. The third kappa shape index (κ3) is 6.53. The highest BCUT2D eigenvalue weighted by atomic mass is 35.5. The molecule has 36 heavy (non-hydrogen) atoms. The van der Waals surface area contributed by atoms with E-state index in [9.17, 15) is 37.1 Å². The zero-order valence-corrected chi connectivity index (χ0v) is 20.4. The molecule has 3 rings (SSSR count). The molecule has 0 saturated carbocycles. The van der Waals surface area contributed by atoms with Crippen LogP contribution in [0.3, 0.4) is 0 Å². The monoisotopic (exact) mass is 549 g/mol. The van der Waals surface area contributed by atoms with E-state index in [-0.39, 0.29) is 36.9 Å². The van der Waals surface area contributed by atoms with Crippen molar-refractivity contribution in [3.63, 3.8) is 0 Å². The minimum Gasteiger partial charge on any atom is -0.258 e. The molecule has 0 aliphatic heterocycles. The van der Waals surface area contributed by atoms with Crippen molar-refractivity contribution < 1.29 is 26.7 Å². The standard InChI is InChI=1S/C22H16ClN3O8S2/c23-19-6-3-9-22(16-19)26(35(31,32)12-10-17-4-1-7-20(14-17)24(27)28)36(33,34)13-11-18-5-2-8-21(15-18)25(29)30/h1-16H/b12-10+,13-11+. The van der Waals surface area contributed by atoms with Gasteiger partial charge in [0.05, 0.1) is 26.4 Å². The third-order valence-corrected chi connectivity index (χ3v) is 8.30. The van der Waals surface area contributed by atoms with Crippen LogP contribution in [-0.2, 0) is 20.0 Å². The first-order valence-electron chi connectivity index (χ1n) is 9.80. The Hall–Kier alpha value is -4.07. The Labute approximate surface area is 211 Å². The summed E-state index contributed by atoms with van der Waals surface area (Å²) >= 11 is 5.95. The summed E-state index contributed by atoms with van der Waals surface area (Å²) < 4.78 is 52.9. The number of hydrogen-bond donors (Lipinski definition) is 0. The van der Waals surface area contributed by atoms with Crippen LogP contribution in [0.5, 0.6) is 0 Å². The first-order valence-corrected chi connectivity index (χ1v) is 13.2. The number of sulfonamides is 2. The number of halogens is 1. The Bertz CT molecular complexity index is 1510. The smallest absolute Gasteiger partial charge is 0.258 e. The van der Waals surface area contributed by atoms with Gasteiger partial charge >= 0.3 is 0 Å². The molecule has 14 heteroatoms. The Kier molecular flexibility index (Phi) is 7.87. The Balaban J connectivity index is 2.06. The van der Waals surface area contributed by atoms with E-state index in [2.05, 4.69) is 0 Å². The van der Waals surface area contributed by atoms with E-state index in [1.807, 2.05) is 0 Å². The van der Waals surface area contributed by atoms with Crippen molar-refractivity contribution in [1.29, 1.82) is 0 Å². The third-order valence-electron chi connectivity index (χ3n) is 4.51. The van der Waals surface area contributed by atoms with Gasteiger partial charge in [-0.1, -0.05) is 41.9 Å². The lowest BCUT2D eigenvalue weighted by molar-refractivity contribution is -0.385. The normalized spacial score (nSPS) is 12.1. The molecule has 0 unspecified atom stereocenters. The fraction of sp³-hybridized carbons (Fsp3) is 0.